The average molecular weight is 324 g/mol. The van der Waals surface area contributed by atoms with Crippen LogP contribution < -0.4 is 9.03 Å². The first kappa shape index (κ1) is 20.2. The zero-order valence-corrected chi connectivity index (χ0v) is 13.4. The van der Waals surface area contributed by atoms with Crippen molar-refractivity contribution in [3.63, 3.8) is 0 Å². The van der Waals surface area contributed by atoms with Crippen molar-refractivity contribution < 1.29 is 31.8 Å². The Kier molecular flexibility index (Phi) is 8.65. The summed E-state index contributed by atoms with van der Waals surface area (Å²) >= 11 is 0. The molecule has 0 atom stereocenters. The third kappa shape index (κ3) is 5.58. The molecule has 1 aromatic heterocycles. The number of nitrogens with zero attached hydrogens (tertiary/aromatic N) is 3. The SMILES string of the molecule is CC(C)C(=O)NS(=O)(=O)N(C)c1ccncn1.[CH3-].[V]. The molecule has 1 radical (unpaired) electrons. The van der Waals surface area contributed by atoms with Crippen LogP contribution in [0.3, 0.4) is 0 Å². The Bertz CT molecular complexity index is 493. The maximum absolute atomic E-state index is 11.8. The summed E-state index contributed by atoms with van der Waals surface area (Å²) in [5, 5.41) is 0. The molecular formula is C10H17N4O3SV-. The van der Waals surface area contributed by atoms with Crippen LogP contribution in [-0.2, 0) is 33.6 Å². The van der Waals surface area contributed by atoms with Crippen LogP contribution in [0.15, 0.2) is 18.6 Å². The summed E-state index contributed by atoms with van der Waals surface area (Å²) in [7, 11) is -2.61. The fourth-order valence-electron chi connectivity index (χ4n) is 0.907. The van der Waals surface area contributed by atoms with Crippen molar-refractivity contribution in [2.75, 3.05) is 11.4 Å². The number of hydrogen-bond acceptors (Lipinski definition) is 5. The van der Waals surface area contributed by atoms with Crippen molar-refractivity contribution in [1.29, 1.82) is 0 Å². The predicted octanol–water partition coefficient (Wildman–Crippen LogP) is 0.378. The maximum atomic E-state index is 11.8. The van der Waals surface area contributed by atoms with E-state index < -0.39 is 22.0 Å². The monoisotopic (exact) mass is 324 g/mol. The molecule has 1 rings (SSSR count). The van der Waals surface area contributed by atoms with Crippen molar-refractivity contribution in [2.24, 2.45) is 5.92 Å². The van der Waals surface area contributed by atoms with E-state index in [1.165, 1.54) is 25.6 Å². The van der Waals surface area contributed by atoms with Gasteiger partial charge in [0.15, 0.2) is 0 Å². The van der Waals surface area contributed by atoms with Crippen LogP contribution in [0.2, 0.25) is 0 Å². The molecule has 0 fully saturated rings. The molecule has 0 aliphatic heterocycles. The summed E-state index contributed by atoms with van der Waals surface area (Å²) in [5.74, 6) is -0.793. The van der Waals surface area contributed by atoms with Crippen LogP contribution in [0.25, 0.3) is 0 Å². The van der Waals surface area contributed by atoms with Gasteiger partial charge in [0.05, 0.1) is 0 Å². The molecule has 0 saturated carbocycles. The number of hydrogen-bond donors (Lipinski definition) is 1. The topological polar surface area (TPSA) is 92.3 Å². The number of carbonyl (C=O) groups is 1. The number of anilines is 1. The fraction of sp³-hybridized carbons (Fsp3) is 0.400. The van der Waals surface area contributed by atoms with E-state index in [0.717, 1.165) is 4.31 Å². The van der Waals surface area contributed by atoms with Gasteiger partial charge in [-0.15, -0.1) is 0 Å². The smallest absolute Gasteiger partial charge is 0.327 e. The standard InChI is InChI=1S/C9H14N4O3S.CH3.V/c1-7(2)9(14)12-17(15,16)13(3)8-4-5-10-6-11-8;;/h4-7H,1-3H3,(H,12,14);1H3;/q;-1;. The minimum atomic E-state index is -3.91. The quantitative estimate of drug-likeness (QED) is 0.808. The molecule has 1 heterocycles. The van der Waals surface area contributed by atoms with Crippen LogP contribution in [-0.4, -0.2) is 31.3 Å². The zero-order chi connectivity index (χ0) is 13.1. The Balaban J connectivity index is 0. The Labute approximate surface area is 125 Å². The van der Waals surface area contributed by atoms with Gasteiger partial charge >= 0.3 is 10.2 Å². The van der Waals surface area contributed by atoms with E-state index in [9.17, 15) is 13.2 Å². The summed E-state index contributed by atoms with van der Waals surface area (Å²) in [6.07, 6.45) is 2.64. The summed E-state index contributed by atoms with van der Waals surface area (Å²) in [6, 6.07) is 1.43. The van der Waals surface area contributed by atoms with Crippen LogP contribution in [0.4, 0.5) is 5.82 Å². The average Bonchev–Trinajstić information content (AvgIpc) is 2.28. The van der Waals surface area contributed by atoms with Gasteiger partial charge in [-0.1, -0.05) is 13.8 Å². The number of aromatic nitrogens is 2. The van der Waals surface area contributed by atoms with E-state index in [1.54, 1.807) is 13.8 Å². The second-order valence-electron chi connectivity index (χ2n) is 3.66. The minimum Gasteiger partial charge on any atom is -0.358 e. The molecule has 0 bridgehead atoms. The van der Waals surface area contributed by atoms with E-state index >= 15 is 0 Å². The Morgan fingerprint density at radius 2 is 2.00 bits per heavy atom. The van der Waals surface area contributed by atoms with Gasteiger partial charge in [0.2, 0.25) is 5.91 Å². The Morgan fingerprint density at radius 3 is 2.42 bits per heavy atom. The maximum Gasteiger partial charge on any atom is 0.327 e. The third-order valence-electron chi connectivity index (χ3n) is 2.00. The molecule has 1 aromatic rings. The molecule has 0 unspecified atom stereocenters. The normalized spacial score (nSPS) is 10.1. The van der Waals surface area contributed by atoms with Gasteiger partial charge in [-0.05, 0) is 0 Å². The number of nitrogens with one attached hydrogen (secondary N) is 1. The van der Waals surface area contributed by atoms with E-state index in [2.05, 4.69) is 9.97 Å². The number of rotatable bonds is 4. The molecule has 0 spiro atoms. The van der Waals surface area contributed by atoms with Crippen molar-refractivity contribution >= 4 is 21.9 Å². The molecule has 7 nitrogen and oxygen atoms in total. The molecule has 9 heteroatoms. The van der Waals surface area contributed by atoms with Crippen LogP contribution in [0.5, 0.6) is 0 Å². The summed E-state index contributed by atoms with van der Waals surface area (Å²) in [6.45, 7) is 3.21. The largest absolute Gasteiger partial charge is 0.358 e. The first-order valence-electron chi connectivity index (χ1n) is 4.91. The number of carbonyl (C=O) groups excluding carboxylic acids is 1. The molecule has 1 N–H and O–H groups in total. The second kappa shape index (κ2) is 8.13. The van der Waals surface area contributed by atoms with Gasteiger partial charge < -0.3 is 7.43 Å². The minimum absolute atomic E-state index is 0. The van der Waals surface area contributed by atoms with Crippen molar-refractivity contribution in [3.05, 3.63) is 26.0 Å². The van der Waals surface area contributed by atoms with Crippen LogP contribution >= 0.6 is 0 Å². The van der Waals surface area contributed by atoms with E-state index in [-0.39, 0.29) is 31.8 Å². The van der Waals surface area contributed by atoms with Crippen molar-refractivity contribution in [3.8, 4) is 0 Å². The van der Waals surface area contributed by atoms with Gasteiger partial charge in [-0.25, -0.2) is 19.0 Å². The fourth-order valence-corrected chi connectivity index (χ4v) is 1.89. The first-order chi connectivity index (χ1) is 7.84. The number of amides is 1. The zero-order valence-electron chi connectivity index (χ0n) is 11.2. The molecule has 0 aliphatic rings. The molecule has 0 aliphatic carbocycles. The molecular weight excluding hydrogens is 307 g/mol. The van der Waals surface area contributed by atoms with Gasteiger partial charge in [-0.3, -0.25) is 4.79 Å². The molecule has 1 amide bonds. The van der Waals surface area contributed by atoms with E-state index in [4.69, 9.17) is 0 Å². The summed E-state index contributed by atoms with van der Waals surface area (Å²) in [5.41, 5.74) is 0. The van der Waals surface area contributed by atoms with Crippen LogP contribution in [0.1, 0.15) is 13.8 Å². The van der Waals surface area contributed by atoms with E-state index in [1.807, 2.05) is 4.72 Å². The Hall–Kier alpha value is -1.12. The van der Waals surface area contributed by atoms with Crippen molar-refractivity contribution in [2.45, 2.75) is 13.8 Å². The van der Waals surface area contributed by atoms with E-state index in [0.29, 0.717) is 0 Å². The second-order valence-corrected chi connectivity index (χ2v) is 5.36. The first-order valence-corrected chi connectivity index (χ1v) is 6.35. The Morgan fingerprint density at radius 1 is 1.42 bits per heavy atom. The summed E-state index contributed by atoms with van der Waals surface area (Å²) in [4.78, 5) is 18.8. The van der Waals surface area contributed by atoms with Gasteiger partial charge in [0.25, 0.3) is 0 Å². The summed E-state index contributed by atoms with van der Waals surface area (Å²) < 4.78 is 26.4. The molecule has 19 heavy (non-hydrogen) atoms. The molecule has 107 valence electrons. The van der Waals surface area contributed by atoms with Gasteiger partial charge in [0, 0.05) is 43.8 Å². The third-order valence-corrected chi connectivity index (χ3v) is 3.37. The molecule has 0 saturated heterocycles. The molecule has 0 aromatic carbocycles. The van der Waals surface area contributed by atoms with Gasteiger partial charge in [0.1, 0.15) is 12.1 Å². The predicted molar refractivity (Wildman–Crippen MR) is 68.7 cm³/mol. The van der Waals surface area contributed by atoms with Crippen molar-refractivity contribution in [1.82, 2.24) is 14.7 Å². The van der Waals surface area contributed by atoms with Crippen LogP contribution in [0, 0.1) is 13.3 Å². The van der Waals surface area contributed by atoms with Gasteiger partial charge in [-0.2, -0.15) is 8.42 Å².